The van der Waals surface area contributed by atoms with Crippen molar-refractivity contribution in [3.63, 3.8) is 0 Å². The number of carbonyl (C=O) groups is 1. The molecule has 1 aromatic rings. The first-order chi connectivity index (χ1) is 11.2. The van der Waals surface area contributed by atoms with Gasteiger partial charge in [-0.1, -0.05) is 18.2 Å². The zero-order valence-electron chi connectivity index (χ0n) is 13.1. The van der Waals surface area contributed by atoms with Crippen LogP contribution in [0.4, 0.5) is 4.39 Å². The highest BCUT2D eigenvalue weighted by molar-refractivity contribution is 5.83. The summed E-state index contributed by atoms with van der Waals surface area (Å²) < 4.78 is 25.0. The summed E-state index contributed by atoms with van der Waals surface area (Å²) in [5.41, 5.74) is 0.688. The lowest BCUT2D eigenvalue weighted by atomic mass is 9.95. The van der Waals surface area contributed by atoms with Gasteiger partial charge in [-0.15, -0.1) is 0 Å². The number of benzene rings is 1. The Labute approximate surface area is 135 Å². The molecule has 2 heterocycles. The Bertz CT molecular complexity index is 579. The van der Waals surface area contributed by atoms with Crippen molar-refractivity contribution < 1.29 is 18.7 Å². The van der Waals surface area contributed by atoms with E-state index in [4.69, 9.17) is 9.47 Å². The van der Waals surface area contributed by atoms with E-state index in [-0.39, 0.29) is 29.9 Å². The van der Waals surface area contributed by atoms with Crippen LogP contribution in [0.2, 0.25) is 0 Å². The summed E-state index contributed by atoms with van der Waals surface area (Å²) in [4.78, 5) is 14.6. The molecule has 0 N–H and O–H groups in total. The number of amides is 1. The predicted octanol–water partition coefficient (Wildman–Crippen LogP) is 2.54. The van der Waals surface area contributed by atoms with Crippen LogP contribution in [0.1, 0.15) is 30.7 Å². The first-order valence-electron chi connectivity index (χ1n) is 8.50. The topological polar surface area (TPSA) is 38.8 Å². The van der Waals surface area contributed by atoms with Crippen molar-refractivity contribution in [3.05, 3.63) is 35.6 Å². The summed E-state index contributed by atoms with van der Waals surface area (Å²) in [6.45, 7) is 2.87. The van der Waals surface area contributed by atoms with Gasteiger partial charge in [-0.25, -0.2) is 4.39 Å². The fraction of sp³-hybridized carbons (Fsp3) is 0.611. The second-order valence-corrected chi connectivity index (χ2v) is 6.74. The Morgan fingerprint density at radius 2 is 1.83 bits per heavy atom. The monoisotopic (exact) mass is 319 g/mol. The summed E-state index contributed by atoms with van der Waals surface area (Å²) in [6.07, 6.45) is 2.54. The lowest BCUT2D eigenvalue weighted by molar-refractivity contribution is -0.138. The van der Waals surface area contributed by atoms with Crippen LogP contribution in [0.5, 0.6) is 0 Å². The summed E-state index contributed by atoms with van der Waals surface area (Å²) in [7, 11) is 0. The molecule has 1 amide bonds. The third-order valence-corrected chi connectivity index (χ3v) is 5.30. The number of nitrogens with zero attached hydrogens (tertiary/aromatic N) is 1. The predicted molar refractivity (Wildman–Crippen MR) is 82.2 cm³/mol. The molecule has 3 fully saturated rings. The van der Waals surface area contributed by atoms with E-state index in [9.17, 15) is 9.18 Å². The number of hydrogen-bond acceptors (Lipinski definition) is 3. The molecule has 1 saturated carbocycles. The van der Waals surface area contributed by atoms with Gasteiger partial charge in [-0.2, -0.15) is 0 Å². The summed E-state index contributed by atoms with van der Waals surface area (Å²) in [5, 5.41) is 0. The minimum Gasteiger partial charge on any atom is -0.350 e. The van der Waals surface area contributed by atoms with Crippen LogP contribution in [0.25, 0.3) is 0 Å². The normalized spacial score (nSPS) is 29.0. The molecule has 4 rings (SSSR count). The molecule has 1 aromatic carbocycles. The van der Waals surface area contributed by atoms with Crippen molar-refractivity contribution in [3.8, 4) is 0 Å². The number of hydrogen-bond donors (Lipinski definition) is 0. The van der Waals surface area contributed by atoms with Crippen molar-refractivity contribution in [2.45, 2.75) is 31.5 Å². The Hall–Kier alpha value is -1.46. The standard InChI is InChI=1S/C18H22FNO3/c19-16-4-2-1-3-13(16)14-11-15(14)17(21)20-7-5-12(6-8-20)18-22-9-10-23-18/h1-4,12,14-15,18H,5-11H2. The average Bonchev–Trinajstić information content (AvgIpc) is 3.18. The van der Waals surface area contributed by atoms with Gasteiger partial charge in [0.25, 0.3) is 0 Å². The quantitative estimate of drug-likeness (QED) is 0.859. The fourth-order valence-corrected chi connectivity index (χ4v) is 3.86. The van der Waals surface area contributed by atoms with Gasteiger partial charge in [0.15, 0.2) is 6.29 Å². The number of piperidine rings is 1. The van der Waals surface area contributed by atoms with Crippen molar-refractivity contribution in [2.75, 3.05) is 26.3 Å². The van der Waals surface area contributed by atoms with Crippen LogP contribution in [0.3, 0.4) is 0 Å². The SMILES string of the molecule is O=C(C1CC1c1ccccc1F)N1CCC(C2OCCO2)CC1. The van der Waals surface area contributed by atoms with E-state index in [1.165, 1.54) is 6.07 Å². The van der Waals surface area contributed by atoms with Gasteiger partial charge < -0.3 is 14.4 Å². The average molecular weight is 319 g/mol. The van der Waals surface area contributed by atoms with Crippen molar-refractivity contribution in [1.29, 1.82) is 0 Å². The molecular formula is C18H22FNO3. The molecular weight excluding hydrogens is 297 g/mol. The molecule has 2 aliphatic heterocycles. The van der Waals surface area contributed by atoms with E-state index in [1.807, 2.05) is 11.0 Å². The Kier molecular flexibility index (Phi) is 4.07. The number of halogens is 1. The second-order valence-electron chi connectivity index (χ2n) is 6.74. The van der Waals surface area contributed by atoms with Gasteiger partial charge in [0.05, 0.1) is 13.2 Å². The largest absolute Gasteiger partial charge is 0.350 e. The second kappa shape index (κ2) is 6.21. The number of rotatable bonds is 3. The molecule has 0 aromatic heterocycles. The van der Waals surface area contributed by atoms with Gasteiger partial charge >= 0.3 is 0 Å². The third kappa shape index (κ3) is 3.00. The molecule has 2 saturated heterocycles. The van der Waals surface area contributed by atoms with Crippen molar-refractivity contribution in [2.24, 2.45) is 11.8 Å². The zero-order valence-corrected chi connectivity index (χ0v) is 13.1. The maximum Gasteiger partial charge on any atom is 0.226 e. The van der Waals surface area contributed by atoms with E-state index in [2.05, 4.69) is 0 Å². The Balaban J connectivity index is 1.32. The van der Waals surface area contributed by atoms with Crippen LogP contribution in [0.15, 0.2) is 24.3 Å². The maximum atomic E-state index is 13.8. The molecule has 0 bridgehead atoms. The molecule has 5 heteroatoms. The smallest absolute Gasteiger partial charge is 0.226 e. The summed E-state index contributed by atoms with van der Waals surface area (Å²) in [6, 6.07) is 6.80. The van der Waals surface area contributed by atoms with Crippen molar-refractivity contribution >= 4 is 5.91 Å². The van der Waals surface area contributed by atoms with E-state index in [0.29, 0.717) is 24.7 Å². The molecule has 124 valence electrons. The lowest BCUT2D eigenvalue weighted by Crippen LogP contribution is -2.42. The zero-order chi connectivity index (χ0) is 15.8. The van der Waals surface area contributed by atoms with Crippen LogP contribution < -0.4 is 0 Å². The molecule has 4 nitrogen and oxygen atoms in total. The number of likely N-dealkylation sites (tertiary alicyclic amines) is 1. The molecule has 23 heavy (non-hydrogen) atoms. The first-order valence-corrected chi connectivity index (χ1v) is 8.50. The maximum absolute atomic E-state index is 13.8. The van der Waals surface area contributed by atoms with Crippen LogP contribution in [0, 0.1) is 17.7 Å². The van der Waals surface area contributed by atoms with Gasteiger partial charge in [0, 0.05) is 24.9 Å². The Morgan fingerprint density at radius 3 is 2.52 bits per heavy atom. The molecule has 2 atom stereocenters. The summed E-state index contributed by atoms with van der Waals surface area (Å²) in [5.74, 6) is 0.403. The molecule has 3 aliphatic rings. The highest BCUT2D eigenvalue weighted by atomic mass is 19.1. The van der Waals surface area contributed by atoms with Gasteiger partial charge in [-0.05, 0) is 36.8 Å². The first kappa shape index (κ1) is 15.1. The van der Waals surface area contributed by atoms with E-state index in [1.54, 1.807) is 12.1 Å². The van der Waals surface area contributed by atoms with Crippen molar-refractivity contribution in [1.82, 2.24) is 4.90 Å². The van der Waals surface area contributed by atoms with Crippen LogP contribution >= 0.6 is 0 Å². The molecule has 0 spiro atoms. The minimum absolute atomic E-state index is 0.0394. The highest BCUT2D eigenvalue weighted by Gasteiger charge is 2.47. The molecule has 0 radical (unpaired) electrons. The number of ether oxygens (including phenoxy) is 2. The van der Waals surface area contributed by atoms with Crippen LogP contribution in [-0.2, 0) is 14.3 Å². The van der Waals surface area contributed by atoms with E-state index >= 15 is 0 Å². The summed E-state index contributed by atoms with van der Waals surface area (Å²) >= 11 is 0. The van der Waals surface area contributed by atoms with Gasteiger partial charge in [0.1, 0.15) is 5.82 Å². The molecule has 1 aliphatic carbocycles. The number of carbonyl (C=O) groups excluding carboxylic acids is 1. The highest BCUT2D eigenvalue weighted by Crippen LogP contribution is 2.49. The lowest BCUT2D eigenvalue weighted by Gasteiger charge is -2.34. The van der Waals surface area contributed by atoms with Gasteiger partial charge in [0.2, 0.25) is 5.91 Å². The third-order valence-electron chi connectivity index (χ3n) is 5.30. The van der Waals surface area contributed by atoms with E-state index in [0.717, 1.165) is 32.4 Å². The van der Waals surface area contributed by atoms with Gasteiger partial charge in [-0.3, -0.25) is 4.79 Å². The minimum atomic E-state index is -0.193. The Morgan fingerprint density at radius 1 is 1.13 bits per heavy atom. The van der Waals surface area contributed by atoms with Crippen LogP contribution in [-0.4, -0.2) is 43.4 Å². The molecule has 2 unspecified atom stereocenters. The van der Waals surface area contributed by atoms with E-state index < -0.39 is 0 Å². The fourth-order valence-electron chi connectivity index (χ4n) is 3.86.